The van der Waals surface area contributed by atoms with E-state index < -0.39 is 0 Å². The maximum atomic E-state index is 13.4. The topological polar surface area (TPSA) is 42.4 Å². The Balaban J connectivity index is 1.53. The number of likely N-dealkylation sites (tertiary alicyclic amines) is 1. The smallest absolute Gasteiger partial charge is 0.227 e. The molecule has 0 saturated carbocycles. The second-order valence-corrected chi connectivity index (χ2v) is 7.71. The molecule has 2 aromatic carbocycles. The van der Waals surface area contributed by atoms with Crippen LogP contribution in [0.4, 0.5) is 4.39 Å². The maximum Gasteiger partial charge on any atom is 0.227 e. The van der Waals surface area contributed by atoms with Gasteiger partial charge in [0.25, 0.3) is 0 Å². The number of hydrogen-bond donors (Lipinski definition) is 0. The first-order chi connectivity index (χ1) is 14.0. The number of carbonyl (C=O) groups excluding carboxylic acids is 1. The number of carbonyl (C=O) groups is 1. The summed E-state index contributed by atoms with van der Waals surface area (Å²) < 4.78 is 18.9. The molecule has 4 rings (SSSR count). The highest BCUT2D eigenvalue weighted by molar-refractivity contribution is 5.87. The number of nitrogens with zero attached hydrogens (tertiary/aromatic N) is 2. The molecule has 1 aliphatic heterocycles. The molecule has 150 valence electrons. The van der Waals surface area contributed by atoms with Crippen LogP contribution in [0, 0.1) is 12.7 Å². The summed E-state index contributed by atoms with van der Waals surface area (Å²) in [6.07, 6.45) is 4.08. The summed E-state index contributed by atoms with van der Waals surface area (Å²) >= 11 is 0. The summed E-state index contributed by atoms with van der Waals surface area (Å²) in [4.78, 5) is 19.4. The number of pyridine rings is 1. The lowest BCUT2D eigenvalue weighted by Gasteiger charge is -2.32. The number of aromatic nitrogens is 1. The SMILES string of the molecule is COc1ccc2cnc(C3CCCN(C(=O)Cc4cccc(F)c4)C3)cc2c1C. The van der Waals surface area contributed by atoms with Crippen molar-refractivity contribution in [3.63, 3.8) is 0 Å². The lowest BCUT2D eigenvalue weighted by molar-refractivity contribution is -0.131. The van der Waals surface area contributed by atoms with E-state index in [1.807, 2.05) is 23.2 Å². The first kappa shape index (κ1) is 19.4. The van der Waals surface area contributed by atoms with E-state index in [9.17, 15) is 9.18 Å². The Labute approximate surface area is 170 Å². The summed E-state index contributed by atoms with van der Waals surface area (Å²) in [6, 6.07) is 12.4. The Morgan fingerprint density at radius 2 is 2.14 bits per heavy atom. The zero-order valence-electron chi connectivity index (χ0n) is 16.8. The van der Waals surface area contributed by atoms with Gasteiger partial charge in [-0.25, -0.2) is 4.39 Å². The highest BCUT2D eigenvalue weighted by Gasteiger charge is 2.26. The van der Waals surface area contributed by atoms with E-state index >= 15 is 0 Å². The van der Waals surface area contributed by atoms with Gasteiger partial charge in [0.1, 0.15) is 11.6 Å². The van der Waals surface area contributed by atoms with Gasteiger partial charge in [0.05, 0.1) is 13.5 Å². The third-order valence-electron chi connectivity index (χ3n) is 5.80. The average molecular weight is 392 g/mol. The Bertz CT molecular complexity index is 1050. The van der Waals surface area contributed by atoms with Crippen molar-refractivity contribution >= 4 is 16.7 Å². The molecule has 0 radical (unpaired) electrons. The van der Waals surface area contributed by atoms with Crippen LogP contribution in [0.5, 0.6) is 5.75 Å². The van der Waals surface area contributed by atoms with E-state index in [4.69, 9.17) is 4.74 Å². The molecule has 1 amide bonds. The van der Waals surface area contributed by atoms with Crippen LogP contribution in [0.25, 0.3) is 10.8 Å². The molecule has 1 aliphatic rings. The Kier molecular flexibility index (Phi) is 5.47. The van der Waals surface area contributed by atoms with Crippen molar-refractivity contribution in [2.45, 2.75) is 32.1 Å². The molecule has 0 N–H and O–H groups in total. The fraction of sp³-hybridized carbons (Fsp3) is 0.333. The molecule has 4 nitrogen and oxygen atoms in total. The summed E-state index contributed by atoms with van der Waals surface area (Å²) in [7, 11) is 1.68. The van der Waals surface area contributed by atoms with Crippen LogP contribution in [-0.2, 0) is 11.2 Å². The molecule has 29 heavy (non-hydrogen) atoms. The van der Waals surface area contributed by atoms with E-state index in [1.165, 1.54) is 12.1 Å². The number of piperidine rings is 1. The maximum absolute atomic E-state index is 13.4. The van der Waals surface area contributed by atoms with Gasteiger partial charge in [-0.15, -0.1) is 0 Å². The van der Waals surface area contributed by atoms with Crippen molar-refractivity contribution in [2.24, 2.45) is 0 Å². The van der Waals surface area contributed by atoms with E-state index in [-0.39, 0.29) is 24.1 Å². The molecule has 2 heterocycles. The molecule has 0 aliphatic carbocycles. The normalized spacial score (nSPS) is 16.8. The van der Waals surface area contributed by atoms with Crippen LogP contribution >= 0.6 is 0 Å². The van der Waals surface area contributed by atoms with Gasteiger partial charge in [-0.1, -0.05) is 12.1 Å². The minimum Gasteiger partial charge on any atom is -0.496 e. The molecular formula is C24H25FN2O2. The molecule has 5 heteroatoms. The van der Waals surface area contributed by atoms with Gasteiger partial charge in [0, 0.05) is 36.3 Å². The third kappa shape index (κ3) is 4.09. The van der Waals surface area contributed by atoms with Crippen molar-refractivity contribution in [2.75, 3.05) is 20.2 Å². The number of aryl methyl sites for hydroxylation is 1. The largest absolute Gasteiger partial charge is 0.496 e. The Morgan fingerprint density at radius 1 is 1.28 bits per heavy atom. The van der Waals surface area contributed by atoms with E-state index in [0.29, 0.717) is 12.1 Å². The number of amides is 1. The van der Waals surface area contributed by atoms with Crippen LogP contribution in [-0.4, -0.2) is 36.0 Å². The van der Waals surface area contributed by atoms with Gasteiger partial charge in [0.15, 0.2) is 0 Å². The second kappa shape index (κ2) is 8.19. The highest BCUT2D eigenvalue weighted by Crippen LogP contribution is 2.31. The summed E-state index contributed by atoms with van der Waals surface area (Å²) in [6.45, 7) is 3.45. The van der Waals surface area contributed by atoms with E-state index in [0.717, 1.165) is 47.2 Å². The fourth-order valence-corrected chi connectivity index (χ4v) is 4.19. The quantitative estimate of drug-likeness (QED) is 0.650. The summed E-state index contributed by atoms with van der Waals surface area (Å²) in [5.74, 6) is 0.803. The average Bonchev–Trinajstić information content (AvgIpc) is 2.74. The van der Waals surface area contributed by atoms with Gasteiger partial charge in [-0.3, -0.25) is 9.78 Å². The van der Waals surface area contributed by atoms with Crippen LogP contribution in [0.15, 0.2) is 48.7 Å². The van der Waals surface area contributed by atoms with E-state index in [1.54, 1.807) is 19.2 Å². The fourth-order valence-electron chi connectivity index (χ4n) is 4.19. The first-order valence-electron chi connectivity index (χ1n) is 10.0. The number of hydrogen-bond acceptors (Lipinski definition) is 3. The highest BCUT2D eigenvalue weighted by atomic mass is 19.1. The Morgan fingerprint density at radius 3 is 2.93 bits per heavy atom. The van der Waals surface area contributed by atoms with Crippen LogP contribution in [0.3, 0.4) is 0 Å². The first-order valence-corrected chi connectivity index (χ1v) is 10.0. The van der Waals surface area contributed by atoms with Crippen molar-refractivity contribution in [3.05, 3.63) is 71.3 Å². The second-order valence-electron chi connectivity index (χ2n) is 7.71. The van der Waals surface area contributed by atoms with Gasteiger partial charge in [-0.2, -0.15) is 0 Å². The molecule has 1 atom stereocenters. The molecule has 1 fully saturated rings. The predicted molar refractivity (Wildman–Crippen MR) is 112 cm³/mol. The molecule has 3 aromatic rings. The summed E-state index contributed by atoms with van der Waals surface area (Å²) in [5, 5.41) is 2.22. The zero-order valence-corrected chi connectivity index (χ0v) is 16.8. The van der Waals surface area contributed by atoms with Crippen LogP contribution < -0.4 is 4.74 Å². The number of halogens is 1. The number of fused-ring (bicyclic) bond motifs is 1. The number of ether oxygens (including phenoxy) is 1. The Hall–Kier alpha value is -2.95. The van der Waals surface area contributed by atoms with Crippen molar-refractivity contribution in [3.8, 4) is 5.75 Å². The number of benzene rings is 2. The number of rotatable bonds is 4. The molecule has 0 spiro atoms. The molecule has 0 bridgehead atoms. The lowest BCUT2D eigenvalue weighted by atomic mass is 9.92. The standard InChI is InChI=1S/C24H25FN2O2/c1-16-21-13-22(26-14-18(21)8-9-23(16)29-2)19-6-4-10-27(15-19)24(28)12-17-5-3-7-20(25)11-17/h3,5,7-9,11,13-14,19H,4,6,10,12,15H2,1-2H3. The molecule has 1 saturated heterocycles. The van der Waals surface area contributed by atoms with Crippen LogP contribution in [0.1, 0.15) is 35.6 Å². The summed E-state index contributed by atoms with van der Waals surface area (Å²) in [5.41, 5.74) is 2.82. The lowest BCUT2D eigenvalue weighted by Crippen LogP contribution is -2.40. The zero-order chi connectivity index (χ0) is 20.4. The molecule has 1 aromatic heterocycles. The van der Waals surface area contributed by atoms with Crippen molar-refractivity contribution in [1.82, 2.24) is 9.88 Å². The van der Waals surface area contributed by atoms with E-state index in [2.05, 4.69) is 18.0 Å². The third-order valence-corrected chi connectivity index (χ3v) is 5.80. The minimum absolute atomic E-state index is 0.0407. The molecular weight excluding hydrogens is 367 g/mol. The van der Waals surface area contributed by atoms with Crippen molar-refractivity contribution < 1.29 is 13.9 Å². The van der Waals surface area contributed by atoms with Crippen LogP contribution in [0.2, 0.25) is 0 Å². The minimum atomic E-state index is -0.307. The molecule has 1 unspecified atom stereocenters. The van der Waals surface area contributed by atoms with Gasteiger partial charge in [-0.05, 0) is 66.6 Å². The monoisotopic (exact) mass is 392 g/mol. The van der Waals surface area contributed by atoms with Crippen molar-refractivity contribution in [1.29, 1.82) is 0 Å². The van der Waals surface area contributed by atoms with Gasteiger partial charge >= 0.3 is 0 Å². The van der Waals surface area contributed by atoms with Gasteiger partial charge in [0.2, 0.25) is 5.91 Å². The van der Waals surface area contributed by atoms with Gasteiger partial charge < -0.3 is 9.64 Å². The predicted octanol–water partition coefficient (Wildman–Crippen LogP) is 4.64. The number of methoxy groups -OCH3 is 1.